The molecular weight excluding hydrogens is 356 g/mol. The molecule has 0 N–H and O–H groups in total. The Hall–Kier alpha value is -2.40. The van der Waals surface area contributed by atoms with Crippen molar-refractivity contribution < 1.29 is 9.53 Å². The summed E-state index contributed by atoms with van der Waals surface area (Å²) in [4.78, 5) is 17.8. The molecule has 4 nitrogen and oxygen atoms in total. The zero-order valence-corrected chi connectivity index (χ0v) is 17.4. The zero-order valence-electron chi connectivity index (χ0n) is 16.6. The van der Waals surface area contributed by atoms with Crippen molar-refractivity contribution in [2.24, 2.45) is 4.99 Å². The van der Waals surface area contributed by atoms with Crippen molar-refractivity contribution in [1.29, 1.82) is 0 Å². The average Bonchev–Trinajstić information content (AvgIpc) is 2.99. The molecule has 0 bridgehead atoms. The molecule has 1 heterocycles. The van der Waals surface area contributed by atoms with Gasteiger partial charge >= 0.3 is 0 Å². The summed E-state index contributed by atoms with van der Waals surface area (Å²) in [6.45, 7) is 11.8. The summed E-state index contributed by atoms with van der Waals surface area (Å²) in [5.74, 6) is 0.610. The lowest BCUT2D eigenvalue weighted by molar-refractivity contribution is 0.0998. The summed E-state index contributed by atoms with van der Waals surface area (Å²) in [5.41, 5.74) is 2.87. The van der Waals surface area contributed by atoms with Gasteiger partial charge in [-0.25, -0.2) is 0 Å². The fraction of sp³-hybridized carbons (Fsp3) is 0.364. The van der Waals surface area contributed by atoms with Crippen molar-refractivity contribution in [3.63, 3.8) is 0 Å². The number of carbonyl (C=O) groups is 1. The van der Waals surface area contributed by atoms with Gasteiger partial charge in [-0.3, -0.25) is 4.79 Å². The third kappa shape index (κ3) is 3.98. The Balaban J connectivity index is 2.05. The summed E-state index contributed by atoms with van der Waals surface area (Å²) in [6.07, 6.45) is 0. The van der Waals surface area contributed by atoms with Crippen molar-refractivity contribution in [3.05, 3.63) is 58.4 Å². The first-order valence-electron chi connectivity index (χ1n) is 9.30. The van der Waals surface area contributed by atoms with Crippen LogP contribution in [0.15, 0.2) is 47.5 Å². The second-order valence-electron chi connectivity index (χ2n) is 7.41. The Morgan fingerprint density at radius 2 is 1.81 bits per heavy atom. The second kappa shape index (κ2) is 7.69. The van der Waals surface area contributed by atoms with Crippen LogP contribution < -0.4 is 9.54 Å². The maximum atomic E-state index is 12.7. The van der Waals surface area contributed by atoms with Gasteiger partial charge in [0.15, 0.2) is 4.80 Å². The fourth-order valence-corrected chi connectivity index (χ4v) is 4.12. The molecule has 0 radical (unpaired) electrons. The third-order valence-electron chi connectivity index (χ3n) is 4.48. The SMILES string of the molecule is CCOc1cccc2sc(=NC(=O)c3ccc(C(C)(C)C)cc3)n(CC)c12. The Kier molecular flexibility index (Phi) is 5.51. The van der Waals surface area contributed by atoms with E-state index in [0.29, 0.717) is 17.0 Å². The van der Waals surface area contributed by atoms with Crippen LogP contribution in [-0.2, 0) is 12.0 Å². The number of ether oxygens (including phenoxy) is 1. The van der Waals surface area contributed by atoms with E-state index in [1.807, 2.05) is 54.0 Å². The summed E-state index contributed by atoms with van der Waals surface area (Å²) < 4.78 is 8.88. The number of hydrogen-bond acceptors (Lipinski definition) is 3. The number of rotatable bonds is 4. The molecule has 1 amide bonds. The number of hydrogen-bond donors (Lipinski definition) is 0. The van der Waals surface area contributed by atoms with Crippen molar-refractivity contribution in [2.75, 3.05) is 6.61 Å². The summed E-state index contributed by atoms with van der Waals surface area (Å²) in [7, 11) is 0. The van der Waals surface area contributed by atoms with Gasteiger partial charge in [0.1, 0.15) is 11.3 Å². The van der Waals surface area contributed by atoms with Crippen LogP contribution in [0.1, 0.15) is 50.5 Å². The largest absolute Gasteiger partial charge is 0.492 e. The second-order valence-corrected chi connectivity index (χ2v) is 8.42. The first-order chi connectivity index (χ1) is 12.8. The topological polar surface area (TPSA) is 43.6 Å². The number of thiazole rings is 1. The van der Waals surface area contributed by atoms with Crippen molar-refractivity contribution in [2.45, 2.75) is 46.6 Å². The molecule has 0 atom stereocenters. The van der Waals surface area contributed by atoms with Gasteiger partial charge in [0, 0.05) is 12.1 Å². The van der Waals surface area contributed by atoms with E-state index in [-0.39, 0.29) is 11.3 Å². The molecule has 2 aromatic carbocycles. The molecule has 0 unspecified atom stereocenters. The summed E-state index contributed by atoms with van der Waals surface area (Å²) >= 11 is 1.51. The van der Waals surface area contributed by atoms with Crippen LogP contribution in [0.25, 0.3) is 10.2 Å². The van der Waals surface area contributed by atoms with Gasteiger partial charge in [-0.2, -0.15) is 4.99 Å². The number of benzene rings is 2. The minimum Gasteiger partial charge on any atom is -0.492 e. The molecule has 1 aromatic heterocycles. The van der Waals surface area contributed by atoms with E-state index < -0.39 is 0 Å². The maximum Gasteiger partial charge on any atom is 0.279 e. The highest BCUT2D eigenvalue weighted by atomic mass is 32.1. The van der Waals surface area contributed by atoms with Crippen LogP contribution in [-0.4, -0.2) is 17.1 Å². The van der Waals surface area contributed by atoms with Crippen LogP contribution in [0.2, 0.25) is 0 Å². The van der Waals surface area contributed by atoms with Gasteiger partial charge in [-0.15, -0.1) is 0 Å². The molecule has 0 aliphatic heterocycles. The highest BCUT2D eigenvalue weighted by molar-refractivity contribution is 7.16. The summed E-state index contributed by atoms with van der Waals surface area (Å²) in [6, 6.07) is 13.7. The van der Waals surface area contributed by atoms with Gasteiger partial charge in [-0.05, 0) is 49.1 Å². The monoisotopic (exact) mass is 382 g/mol. The van der Waals surface area contributed by atoms with Crippen LogP contribution in [0.3, 0.4) is 0 Å². The van der Waals surface area contributed by atoms with Gasteiger partial charge in [0.25, 0.3) is 5.91 Å². The standard InChI is InChI=1S/C22H26N2O2S/c1-6-24-19-17(26-7-2)9-8-10-18(19)27-21(24)23-20(25)15-11-13-16(14-12-15)22(3,4)5/h8-14H,6-7H2,1-5H3. The van der Waals surface area contributed by atoms with E-state index >= 15 is 0 Å². The number of para-hydroxylation sites is 1. The molecule has 0 spiro atoms. The molecule has 27 heavy (non-hydrogen) atoms. The number of aromatic nitrogens is 1. The fourth-order valence-electron chi connectivity index (χ4n) is 3.01. The predicted molar refractivity (Wildman–Crippen MR) is 112 cm³/mol. The summed E-state index contributed by atoms with van der Waals surface area (Å²) in [5, 5.41) is 0. The molecule has 3 aromatic rings. The number of amides is 1. The molecule has 0 fully saturated rings. The first kappa shape index (κ1) is 19.4. The lowest BCUT2D eigenvalue weighted by Gasteiger charge is -2.18. The van der Waals surface area contributed by atoms with Crippen molar-refractivity contribution in [1.82, 2.24) is 4.57 Å². The lowest BCUT2D eigenvalue weighted by atomic mass is 9.87. The van der Waals surface area contributed by atoms with E-state index in [1.165, 1.54) is 16.9 Å². The van der Waals surface area contributed by atoms with Gasteiger partial charge in [0.2, 0.25) is 0 Å². The minimum absolute atomic E-state index is 0.0606. The molecule has 3 rings (SSSR count). The first-order valence-corrected chi connectivity index (χ1v) is 10.1. The van der Waals surface area contributed by atoms with Crippen molar-refractivity contribution >= 4 is 27.5 Å². The Labute approximate surface area is 164 Å². The Morgan fingerprint density at radius 3 is 2.41 bits per heavy atom. The highest BCUT2D eigenvalue weighted by Crippen LogP contribution is 2.27. The maximum absolute atomic E-state index is 12.7. The lowest BCUT2D eigenvalue weighted by Crippen LogP contribution is -2.16. The van der Waals surface area contributed by atoms with E-state index in [2.05, 4.69) is 32.7 Å². The van der Waals surface area contributed by atoms with E-state index in [4.69, 9.17) is 4.74 Å². The minimum atomic E-state index is -0.220. The number of nitrogens with zero attached hydrogens (tertiary/aromatic N) is 2. The molecular formula is C22H26N2O2S. The zero-order chi connectivity index (χ0) is 19.6. The normalized spacial score (nSPS) is 12.6. The molecule has 0 saturated carbocycles. The van der Waals surface area contributed by atoms with Gasteiger partial charge < -0.3 is 9.30 Å². The average molecular weight is 383 g/mol. The Bertz CT molecular complexity index is 1020. The number of fused-ring (bicyclic) bond motifs is 1. The van der Waals surface area contributed by atoms with E-state index in [1.54, 1.807) is 0 Å². The van der Waals surface area contributed by atoms with Gasteiger partial charge in [-0.1, -0.05) is 50.3 Å². The molecule has 0 aliphatic carbocycles. The number of aryl methyl sites for hydroxylation is 1. The molecule has 142 valence electrons. The van der Waals surface area contributed by atoms with Crippen LogP contribution in [0.5, 0.6) is 5.75 Å². The smallest absolute Gasteiger partial charge is 0.279 e. The van der Waals surface area contributed by atoms with Crippen LogP contribution >= 0.6 is 11.3 Å². The third-order valence-corrected chi connectivity index (χ3v) is 5.52. The quantitative estimate of drug-likeness (QED) is 0.625. The van der Waals surface area contributed by atoms with E-state index in [0.717, 1.165) is 22.5 Å². The van der Waals surface area contributed by atoms with Crippen molar-refractivity contribution in [3.8, 4) is 5.75 Å². The van der Waals surface area contributed by atoms with Crippen LogP contribution in [0, 0.1) is 0 Å². The number of carbonyl (C=O) groups excluding carboxylic acids is 1. The molecule has 0 aliphatic rings. The van der Waals surface area contributed by atoms with Crippen LogP contribution in [0.4, 0.5) is 0 Å². The Morgan fingerprint density at radius 1 is 1.11 bits per heavy atom. The van der Waals surface area contributed by atoms with E-state index in [9.17, 15) is 4.79 Å². The predicted octanol–water partition coefficient (Wildman–Crippen LogP) is 5.16. The molecule has 0 saturated heterocycles. The highest BCUT2D eigenvalue weighted by Gasteiger charge is 2.15. The molecule has 5 heteroatoms. The van der Waals surface area contributed by atoms with Gasteiger partial charge in [0.05, 0.1) is 11.3 Å².